The summed E-state index contributed by atoms with van der Waals surface area (Å²) in [6.45, 7) is 0.0987. The Kier molecular flexibility index (Phi) is 7.56. The van der Waals surface area contributed by atoms with Crippen LogP contribution in [-0.4, -0.2) is 24.0 Å². The molecule has 2 rings (SSSR count). The molecule has 0 aromatic heterocycles. The van der Waals surface area contributed by atoms with Gasteiger partial charge in [0, 0.05) is 18.7 Å². The van der Waals surface area contributed by atoms with Gasteiger partial charge < -0.3 is 10.1 Å². The lowest BCUT2D eigenvalue weighted by atomic mass is 10.2. The molecular formula is C17H12Cl3F3N2O4. The Morgan fingerprint density at radius 3 is 2.28 bits per heavy atom. The average Bonchev–Trinajstić information content (AvgIpc) is 2.62. The number of hydrogen-bond acceptors (Lipinski definition) is 4. The van der Waals surface area contributed by atoms with E-state index in [1.54, 1.807) is 0 Å². The third-order valence-electron chi connectivity index (χ3n) is 3.58. The van der Waals surface area contributed by atoms with E-state index in [4.69, 9.17) is 39.5 Å². The summed E-state index contributed by atoms with van der Waals surface area (Å²) in [6.07, 6.45) is -4.34. The van der Waals surface area contributed by atoms with Gasteiger partial charge >= 0.3 is 6.18 Å². The fourth-order valence-corrected chi connectivity index (χ4v) is 3.01. The molecule has 0 fully saturated rings. The van der Waals surface area contributed by atoms with Crippen LogP contribution in [0.25, 0.3) is 0 Å². The number of amides is 1. The van der Waals surface area contributed by atoms with Crippen LogP contribution in [0.15, 0.2) is 30.3 Å². The molecular weight excluding hydrogens is 460 g/mol. The van der Waals surface area contributed by atoms with Crippen molar-refractivity contribution in [1.29, 1.82) is 0 Å². The molecule has 1 amide bonds. The van der Waals surface area contributed by atoms with E-state index in [0.717, 1.165) is 6.07 Å². The lowest BCUT2D eigenvalue weighted by Gasteiger charge is -2.13. The zero-order valence-corrected chi connectivity index (χ0v) is 16.6. The van der Waals surface area contributed by atoms with Gasteiger partial charge in [0.05, 0.1) is 37.7 Å². The molecule has 0 saturated carbocycles. The number of nitro benzene ring substituents is 1. The van der Waals surface area contributed by atoms with Gasteiger partial charge in [-0.25, -0.2) is 0 Å². The van der Waals surface area contributed by atoms with E-state index >= 15 is 0 Å². The van der Waals surface area contributed by atoms with Gasteiger partial charge in [0.15, 0.2) is 5.75 Å². The standard InChI is InChI=1S/C17H12Cl3F3N2O4/c18-12-3-2-10(25(27)28)8-11(12)16(26)24-4-1-5-29-15-13(19)6-9(7-14(15)20)17(21,22)23/h2-3,6-8H,1,4-5H2,(H,24,26). The van der Waals surface area contributed by atoms with Crippen molar-refractivity contribution in [3.05, 3.63) is 66.6 Å². The number of hydrogen-bond donors (Lipinski definition) is 1. The third-order valence-corrected chi connectivity index (χ3v) is 4.48. The van der Waals surface area contributed by atoms with Crippen LogP contribution in [0.4, 0.5) is 18.9 Å². The number of carbonyl (C=O) groups excluding carboxylic acids is 1. The molecule has 29 heavy (non-hydrogen) atoms. The fraction of sp³-hybridized carbons (Fsp3) is 0.235. The SMILES string of the molecule is O=C(NCCCOc1c(Cl)cc(C(F)(F)F)cc1Cl)c1cc([N+](=O)[O-])ccc1Cl. The van der Waals surface area contributed by atoms with Gasteiger partial charge in [-0.2, -0.15) is 13.2 Å². The number of alkyl halides is 3. The summed E-state index contributed by atoms with van der Waals surface area (Å²) < 4.78 is 43.4. The number of rotatable bonds is 7. The second kappa shape index (κ2) is 9.51. The predicted molar refractivity (Wildman–Crippen MR) is 102 cm³/mol. The minimum absolute atomic E-state index is 0.00620. The molecule has 12 heteroatoms. The van der Waals surface area contributed by atoms with Crippen LogP contribution in [0.2, 0.25) is 15.1 Å². The first-order chi connectivity index (χ1) is 13.5. The normalized spacial score (nSPS) is 11.2. The number of halogens is 6. The first-order valence-electron chi connectivity index (χ1n) is 7.92. The molecule has 156 valence electrons. The number of nitro groups is 1. The van der Waals surface area contributed by atoms with Crippen LogP contribution in [-0.2, 0) is 6.18 Å². The first-order valence-corrected chi connectivity index (χ1v) is 9.05. The Bertz CT molecular complexity index is 916. The number of non-ortho nitro benzene ring substituents is 1. The highest BCUT2D eigenvalue weighted by atomic mass is 35.5. The Hall–Kier alpha value is -2.23. The summed E-state index contributed by atoms with van der Waals surface area (Å²) in [5.74, 6) is -0.723. The number of ether oxygens (including phenoxy) is 1. The van der Waals surface area contributed by atoms with E-state index in [2.05, 4.69) is 5.32 Å². The molecule has 2 aromatic rings. The van der Waals surface area contributed by atoms with Crippen molar-refractivity contribution in [3.63, 3.8) is 0 Å². The summed E-state index contributed by atoms with van der Waals surface area (Å²) in [4.78, 5) is 22.2. The van der Waals surface area contributed by atoms with Crippen molar-refractivity contribution in [2.45, 2.75) is 12.6 Å². The van der Waals surface area contributed by atoms with Crippen molar-refractivity contribution in [2.75, 3.05) is 13.2 Å². The van der Waals surface area contributed by atoms with Gasteiger partial charge in [-0.05, 0) is 24.6 Å². The van der Waals surface area contributed by atoms with Crippen LogP contribution in [0, 0.1) is 10.1 Å². The van der Waals surface area contributed by atoms with E-state index in [9.17, 15) is 28.1 Å². The molecule has 6 nitrogen and oxygen atoms in total. The van der Waals surface area contributed by atoms with Gasteiger partial charge in [-0.1, -0.05) is 34.8 Å². The summed E-state index contributed by atoms with van der Waals surface area (Å²) in [5.41, 5.74) is -1.34. The lowest BCUT2D eigenvalue weighted by molar-refractivity contribution is -0.384. The number of carbonyl (C=O) groups is 1. The maximum absolute atomic E-state index is 12.7. The number of nitrogens with zero attached hydrogens (tertiary/aromatic N) is 1. The topological polar surface area (TPSA) is 81.5 Å². The van der Waals surface area contributed by atoms with E-state index in [-0.39, 0.29) is 51.6 Å². The Balaban J connectivity index is 1.90. The minimum Gasteiger partial charge on any atom is -0.490 e. The molecule has 0 unspecified atom stereocenters. The monoisotopic (exact) mass is 470 g/mol. The summed E-state index contributed by atoms with van der Waals surface area (Å²) in [5, 5.41) is 12.8. The van der Waals surface area contributed by atoms with Crippen molar-refractivity contribution in [3.8, 4) is 5.75 Å². The summed E-state index contributed by atoms with van der Waals surface area (Å²) >= 11 is 17.5. The van der Waals surface area contributed by atoms with Gasteiger partial charge in [0.1, 0.15) is 0 Å². The quantitative estimate of drug-likeness (QED) is 0.316. The zero-order valence-electron chi connectivity index (χ0n) is 14.4. The highest BCUT2D eigenvalue weighted by Gasteiger charge is 2.32. The van der Waals surface area contributed by atoms with E-state index in [1.165, 1.54) is 12.1 Å². The smallest absolute Gasteiger partial charge is 0.416 e. The minimum atomic E-state index is -4.59. The Morgan fingerprint density at radius 2 is 1.72 bits per heavy atom. The zero-order chi connectivity index (χ0) is 21.8. The largest absolute Gasteiger partial charge is 0.490 e. The molecule has 1 N–H and O–H groups in total. The van der Waals surface area contributed by atoms with E-state index in [0.29, 0.717) is 12.1 Å². The fourth-order valence-electron chi connectivity index (χ4n) is 2.21. The van der Waals surface area contributed by atoms with Crippen molar-refractivity contribution < 1.29 is 27.6 Å². The van der Waals surface area contributed by atoms with Crippen molar-refractivity contribution in [1.82, 2.24) is 5.32 Å². The Labute approximate surface area is 177 Å². The van der Waals surface area contributed by atoms with E-state index in [1.807, 2.05) is 0 Å². The van der Waals surface area contributed by atoms with Crippen LogP contribution >= 0.6 is 34.8 Å². The molecule has 0 aliphatic rings. The molecule has 0 aliphatic heterocycles. The highest BCUT2D eigenvalue weighted by molar-refractivity contribution is 6.37. The second-order valence-electron chi connectivity index (χ2n) is 5.65. The molecule has 0 aliphatic carbocycles. The maximum Gasteiger partial charge on any atom is 0.416 e. The van der Waals surface area contributed by atoms with Crippen LogP contribution in [0.1, 0.15) is 22.3 Å². The molecule has 0 heterocycles. The van der Waals surface area contributed by atoms with Crippen molar-refractivity contribution >= 4 is 46.4 Å². The predicted octanol–water partition coefficient (Wildman–Crippen LogP) is 5.77. The summed E-state index contributed by atoms with van der Waals surface area (Å²) in [6, 6.07) is 4.87. The molecule has 2 aromatic carbocycles. The lowest BCUT2D eigenvalue weighted by Crippen LogP contribution is -2.26. The van der Waals surface area contributed by atoms with Crippen LogP contribution < -0.4 is 10.1 Å². The van der Waals surface area contributed by atoms with Gasteiger partial charge in [-0.3, -0.25) is 14.9 Å². The van der Waals surface area contributed by atoms with Gasteiger partial charge in [0.25, 0.3) is 11.6 Å². The highest BCUT2D eigenvalue weighted by Crippen LogP contribution is 2.39. The van der Waals surface area contributed by atoms with Crippen LogP contribution in [0.5, 0.6) is 5.75 Å². The molecule has 0 saturated heterocycles. The van der Waals surface area contributed by atoms with E-state index < -0.39 is 22.6 Å². The maximum atomic E-state index is 12.7. The molecule has 0 bridgehead atoms. The van der Waals surface area contributed by atoms with Gasteiger partial charge in [-0.15, -0.1) is 0 Å². The summed E-state index contributed by atoms with van der Waals surface area (Å²) in [7, 11) is 0. The number of benzene rings is 2. The number of nitrogens with one attached hydrogen (secondary N) is 1. The first kappa shape index (κ1) is 23.1. The van der Waals surface area contributed by atoms with Gasteiger partial charge in [0.2, 0.25) is 0 Å². The molecule has 0 atom stereocenters. The molecule has 0 spiro atoms. The third kappa shape index (κ3) is 6.12. The Morgan fingerprint density at radius 1 is 1.10 bits per heavy atom. The van der Waals surface area contributed by atoms with Crippen LogP contribution in [0.3, 0.4) is 0 Å². The van der Waals surface area contributed by atoms with Crippen molar-refractivity contribution in [2.24, 2.45) is 0 Å². The molecule has 0 radical (unpaired) electrons. The second-order valence-corrected chi connectivity index (χ2v) is 6.87. The average molecular weight is 472 g/mol.